The fraction of sp³-hybridized carbons (Fsp3) is 0.333. The number of hydrogen-bond donors (Lipinski definition) is 0. The van der Waals surface area contributed by atoms with E-state index in [0.717, 1.165) is 12.0 Å². The zero-order valence-electron chi connectivity index (χ0n) is 15.3. The van der Waals surface area contributed by atoms with Crippen molar-refractivity contribution >= 4 is 21.5 Å². The van der Waals surface area contributed by atoms with Crippen LogP contribution in [-0.4, -0.2) is 43.3 Å². The number of rotatable bonds is 6. The van der Waals surface area contributed by atoms with Gasteiger partial charge in [0, 0.05) is 18.5 Å². The van der Waals surface area contributed by atoms with Gasteiger partial charge in [-0.25, -0.2) is 8.42 Å². The number of amides is 1. The summed E-state index contributed by atoms with van der Waals surface area (Å²) in [5.74, 6) is -0.613. The normalized spacial score (nSPS) is 17.1. The molecule has 1 amide bonds. The molecule has 1 aliphatic heterocycles. The van der Waals surface area contributed by atoms with E-state index in [1.807, 2.05) is 13.0 Å². The smallest absolute Gasteiger partial charge is 0.224 e. The molecule has 2 aromatic carbocycles. The van der Waals surface area contributed by atoms with E-state index in [-0.39, 0.29) is 28.8 Å². The summed E-state index contributed by atoms with van der Waals surface area (Å²) in [5, 5.41) is 0. The first-order valence-electron chi connectivity index (χ1n) is 9.06. The standard InChI is InChI=1S/C21H23NO4S/c1-16-9-11-18(12-10-16)27(25,26)15-13-20(23)22-14-5-8-19(22)21(24)17-6-3-2-4-7-17/h2-4,6-7,9-12,19H,5,8,13-15H2,1H3. The highest BCUT2D eigenvalue weighted by molar-refractivity contribution is 7.91. The molecule has 27 heavy (non-hydrogen) atoms. The van der Waals surface area contributed by atoms with Crippen LogP contribution in [0.3, 0.4) is 0 Å². The molecule has 0 aromatic heterocycles. The van der Waals surface area contributed by atoms with Gasteiger partial charge in [-0.1, -0.05) is 48.0 Å². The molecule has 0 aliphatic carbocycles. The molecule has 0 N–H and O–H groups in total. The number of nitrogens with zero attached hydrogens (tertiary/aromatic N) is 1. The van der Waals surface area contributed by atoms with Gasteiger partial charge in [-0.2, -0.15) is 0 Å². The maximum Gasteiger partial charge on any atom is 0.224 e. The molecule has 1 saturated heterocycles. The van der Waals surface area contributed by atoms with Crippen molar-refractivity contribution in [2.45, 2.75) is 37.1 Å². The van der Waals surface area contributed by atoms with E-state index in [9.17, 15) is 18.0 Å². The lowest BCUT2D eigenvalue weighted by Crippen LogP contribution is -2.41. The van der Waals surface area contributed by atoms with Gasteiger partial charge in [0.25, 0.3) is 0 Å². The van der Waals surface area contributed by atoms with E-state index in [1.54, 1.807) is 53.4 Å². The van der Waals surface area contributed by atoms with Crippen molar-refractivity contribution in [3.63, 3.8) is 0 Å². The largest absolute Gasteiger partial charge is 0.332 e. The summed E-state index contributed by atoms with van der Waals surface area (Å²) in [6.07, 6.45) is 1.25. The SMILES string of the molecule is Cc1ccc(S(=O)(=O)CCC(=O)N2CCCC2C(=O)c2ccccc2)cc1. The van der Waals surface area contributed by atoms with Crippen LogP contribution in [0.5, 0.6) is 0 Å². The molecule has 3 rings (SSSR count). The van der Waals surface area contributed by atoms with E-state index in [0.29, 0.717) is 18.5 Å². The number of hydrogen-bond acceptors (Lipinski definition) is 4. The molecule has 6 heteroatoms. The van der Waals surface area contributed by atoms with E-state index >= 15 is 0 Å². The average molecular weight is 385 g/mol. The first kappa shape index (κ1) is 19.3. The Hall–Kier alpha value is -2.47. The molecule has 1 unspecified atom stereocenters. The zero-order valence-corrected chi connectivity index (χ0v) is 16.1. The van der Waals surface area contributed by atoms with Crippen LogP contribution in [0.1, 0.15) is 35.2 Å². The van der Waals surface area contributed by atoms with Crippen molar-refractivity contribution in [1.29, 1.82) is 0 Å². The van der Waals surface area contributed by atoms with E-state index in [2.05, 4.69) is 0 Å². The van der Waals surface area contributed by atoms with Crippen molar-refractivity contribution in [3.8, 4) is 0 Å². The van der Waals surface area contributed by atoms with Crippen LogP contribution in [-0.2, 0) is 14.6 Å². The third-order valence-electron chi connectivity index (χ3n) is 4.90. The molecule has 1 heterocycles. The number of aryl methyl sites for hydroxylation is 1. The van der Waals surface area contributed by atoms with Gasteiger partial charge in [0.05, 0.1) is 16.7 Å². The summed E-state index contributed by atoms with van der Waals surface area (Å²) in [7, 11) is -3.52. The first-order chi connectivity index (χ1) is 12.9. The molecule has 142 valence electrons. The topological polar surface area (TPSA) is 71.5 Å². The Morgan fingerprint density at radius 2 is 1.70 bits per heavy atom. The minimum atomic E-state index is -3.52. The summed E-state index contributed by atoms with van der Waals surface area (Å²) in [4.78, 5) is 27.1. The zero-order chi connectivity index (χ0) is 19.4. The van der Waals surface area contributed by atoms with Crippen molar-refractivity contribution in [3.05, 3.63) is 65.7 Å². The van der Waals surface area contributed by atoms with Crippen molar-refractivity contribution in [2.75, 3.05) is 12.3 Å². The summed E-state index contributed by atoms with van der Waals surface area (Å²) >= 11 is 0. The van der Waals surface area contributed by atoms with Gasteiger partial charge >= 0.3 is 0 Å². The summed E-state index contributed by atoms with van der Waals surface area (Å²) in [6, 6.07) is 15.0. The van der Waals surface area contributed by atoms with Crippen LogP contribution in [0.4, 0.5) is 0 Å². The molecular formula is C21H23NO4S. The molecular weight excluding hydrogens is 362 g/mol. The number of carbonyl (C=O) groups is 2. The molecule has 0 radical (unpaired) electrons. The Balaban J connectivity index is 1.66. The Morgan fingerprint density at radius 1 is 1.04 bits per heavy atom. The number of benzene rings is 2. The number of Topliss-reactive ketones (excluding diaryl/α,β-unsaturated/α-hetero) is 1. The van der Waals surface area contributed by atoms with Crippen LogP contribution >= 0.6 is 0 Å². The third kappa shape index (κ3) is 4.45. The van der Waals surface area contributed by atoms with Gasteiger partial charge in [-0.05, 0) is 31.9 Å². The fourth-order valence-electron chi connectivity index (χ4n) is 3.36. The second-order valence-corrected chi connectivity index (χ2v) is 8.97. The van der Waals surface area contributed by atoms with Crippen LogP contribution in [0.2, 0.25) is 0 Å². The van der Waals surface area contributed by atoms with E-state index in [4.69, 9.17) is 0 Å². The minimum Gasteiger partial charge on any atom is -0.332 e. The first-order valence-corrected chi connectivity index (χ1v) is 10.7. The average Bonchev–Trinajstić information content (AvgIpc) is 3.16. The minimum absolute atomic E-state index is 0.0807. The fourth-order valence-corrected chi connectivity index (χ4v) is 4.59. The Labute approximate surface area is 159 Å². The molecule has 1 atom stereocenters. The maximum absolute atomic E-state index is 12.7. The number of likely N-dealkylation sites (tertiary alicyclic amines) is 1. The Bertz CT molecular complexity index is 920. The van der Waals surface area contributed by atoms with Crippen LogP contribution < -0.4 is 0 Å². The lowest BCUT2D eigenvalue weighted by Gasteiger charge is -2.23. The monoisotopic (exact) mass is 385 g/mol. The summed E-state index contributed by atoms with van der Waals surface area (Å²) < 4.78 is 24.9. The predicted octanol–water partition coefficient (Wildman–Crippen LogP) is 3.03. The maximum atomic E-state index is 12.7. The quantitative estimate of drug-likeness (QED) is 0.717. The summed E-state index contributed by atoms with van der Waals surface area (Å²) in [6.45, 7) is 2.38. The van der Waals surface area contributed by atoms with Gasteiger partial charge < -0.3 is 4.90 Å². The summed E-state index contributed by atoms with van der Waals surface area (Å²) in [5.41, 5.74) is 1.55. The highest BCUT2D eigenvalue weighted by atomic mass is 32.2. The highest BCUT2D eigenvalue weighted by Gasteiger charge is 2.34. The molecule has 5 nitrogen and oxygen atoms in total. The number of carbonyl (C=O) groups excluding carboxylic acids is 2. The molecule has 0 bridgehead atoms. The predicted molar refractivity (Wildman–Crippen MR) is 103 cm³/mol. The second kappa shape index (κ2) is 8.05. The lowest BCUT2D eigenvalue weighted by atomic mass is 10.0. The Morgan fingerprint density at radius 3 is 2.37 bits per heavy atom. The molecule has 0 saturated carbocycles. The molecule has 1 aliphatic rings. The van der Waals surface area contributed by atoms with Crippen molar-refractivity contribution in [1.82, 2.24) is 4.90 Å². The van der Waals surface area contributed by atoms with Crippen LogP contribution in [0.25, 0.3) is 0 Å². The highest BCUT2D eigenvalue weighted by Crippen LogP contribution is 2.23. The van der Waals surface area contributed by atoms with Crippen LogP contribution in [0, 0.1) is 6.92 Å². The van der Waals surface area contributed by atoms with Gasteiger partial charge in [-0.3, -0.25) is 9.59 Å². The van der Waals surface area contributed by atoms with E-state index < -0.39 is 15.9 Å². The van der Waals surface area contributed by atoms with Gasteiger partial charge in [-0.15, -0.1) is 0 Å². The van der Waals surface area contributed by atoms with Gasteiger partial charge in [0.1, 0.15) is 0 Å². The van der Waals surface area contributed by atoms with Gasteiger partial charge in [0.2, 0.25) is 5.91 Å². The second-order valence-electron chi connectivity index (χ2n) is 6.86. The number of ketones is 1. The van der Waals surface area contributed by atoms with Gasteiger partial charge in [0.15, 0.2) is 15.6 Å². The lowest BCUT2D eigenvalue weighted by molar-refractivity contribution is -0.130. The van der Waals surface area contributed by atoms with Crippen molar-refractivity contribution < 1.29 is 18.0 Å². The number of sulfone groups is 1. The van der Waals surface area contributed by atoms with Crippen LogP contribution in [0.15, 0.2) is 59.5 Å². The molecule has 1 fully saturated rings. The van der Waals surface area contributed by atoms with Crippen molar-refractivity contribution in [2.24, 2.45) is 0 Å². The molecule has 2 aromatic rings. The molecule has 0 spiro atoms. The van der Waals surface area contributed by atoms with E-state index in [1.165, 1.54) is 0 Å². The Kier molecular flexibility index (Phi) is 5.75. The third-order valence-corrected chi connectivity index (χ3v) is 6.63.